The molecule has 6 aromatic rings. The first-order valence-corrected chi connectivity index (χ1v) is 9.12. The molecule has 6 N–H and O–H groups in total. The molecule has 0 radical (unpaired) electrons. The maximum atomic E-state index is 4.75. The summed E-state index contributed by atoms with van der Waals surface area (Å²) in [6.07, 6.45) is 5.48. The second-order valence-electron chi connectivity index (χ2n) is 6.79. The van der Waals surface area contributed by atoms with Gasteiger partial charge < -0.3 is 5.32 Å². The minimum atomic E-state index is 0.615. The molecule has 0 atom stereocenters. The molecule has 0 aliphatic carbocycles. The highest BCUT2D eigenvalue weighted by molar-refractivity contribution is 5.90. The van der Waals surface area contributed by atoms with E-state index in [2.05, 4.69) is 41.0 Å². The van der Waals surface area contributed by atoms with Gasteiger partial charge in [0.2, 0.25) is 11.5 Å². The molecule has 0 aliphatic heterocycles. The number of rotatable bonds is 4. The fraction of sp³-hybridized carbons (Fsp3) is 0. The Bertz CT molecular complexity index is 1470. The Morgan fingerprint density at radius 3 is 2.21 bits per heavy atom. The van der Waals surface area contributed by atoms with Crippen molar-refractivity contribution in [1.29, 1.82) is 0 Å². The SMILES string of the molecule is c1cc2c(Nc3ccc4cn[nH]c4c3)nc(Nc3ccc4cn[nH]c4c3)[nH+]c2[nH]1. The minimum absolute atomic E-state index is 0.615. The zero-order valence-corrected chi connectivity index (χ0v) is 15.1. The Morgan fingerprint density at radius 1 is 0.793 bits per heavy atom. The van der Waals surface area contributed by atoms with Crippen LogP contribution in [-0.2, 0) is 0 Å². The first-order chi connectivity index (χ1) is 14.3. The number of hydrogen-bond donors (Lipinski definition) is 5. The summed E-state index contributed by atoms with van der Waals surface area (Å²) in [5.41, 5.74) is 4.63. The zero-order chi connectivity index (χ0) is 19.2. The number of nitrogens with one attached hydrogen (secondary N) is 6. The van der Waals surface area contributed by atoms with Gasteiger partial charge in [0.15, 0.2) is 0 Å². The zero-order valence-electron chi connectivity index (χ0n) is 15.1. The average Bonchev–Trinajstić information content (AvgIpc) is 3.47. The summed E-state index contributed by atoms with van der Waals surface area (Å²) < 4.78 is 0. The molecule has 9 nitrogen and oxygen atoms in total. The predicted octanol–water partition coefficient (Wildman–Crippen LogP) is 3.62. The molecule has 0 aliphatic rings. The van der Waals surface area contributed by atoms with Crippen LogP contribution >= 0.6 is 0 Å². The van der Waals surface area contributed by atoms with Crippen molar-refractivity contribution >= 4 is 56.0 Å². The molecular formula is C20H16N9+. The van der Waals surface area contributed by atoms with Gasteiger partial charge in [-0.25, -0.2) is 4.98 Å². The molecule has 0 unspecified atom stereocenters. The molecule has 9 heteroatoms. The van der Waals surface area contributed by atoms with Crippen LogP contribution in [0.4, 0.5) is 23.1 Å². The second-order valence-corrected chi connectivity index (χ2v) is 6.79. The lowest BCUT2D eigenvalue weighted by Crippen LogP contribution is -2.15. The summed E-state index contributed by atoms with van der Waals surface area (Å²) in [7, 11) is 0. The van der Waals surface area contributed by atoms with Gasteiger partial charge in [-0.1, -0.05) is 4.98 Å². The first kappa shape index (κ1) is 15.6. The monoisotopic (exact) mass is 382 g/mol. The van der Waals surface area contributed by atoms with Crippen LogP contribution in [0.25, 0.3) is 32.8 Å². The summed E-state index contributed by atoms with van der Waals surface area (Å²) in [6.45, 7) is 0. The highest BCUT2D eigenvalue weighted by Crippen LogP contribution is 2.26. The standard InChI is InChI=1S/C20H15N9/c1-3-13(7-16-11(1)9-22-28-16)24-19-15-5-6-21-18(15)26-20(27-19)25-14-4-2-12-10-23-29-17(12)8-14/h1-10H,(H,22,28)(H,23,29)(H3,21,24,25,26,27)/p+1. The third kappa shape index (κ3) is 2.72. The molecule has 0 amide bonds. The van der Waals surface area contributed by atoms with Gasteiger partial charge >= 0.3 is 5.95 Å². The number of nitrogens with zero attached hydrogens (tertiary/aromatic N) is 3. The molecule has 2 aromatic carbocycles. The molecule has 4 heterocycles. The number of hydrogen-bond acceptors (Lipinski definition) is 5. The lowest BCUT2D eigenvalue weighted by Gasteiger charge is -2.06. The van der Waals surface area contributed by atoms with Crippen molar-refractivity contribution < 1.29 is 4.98 Å². The van der Waals surface area contributed by atoms with E-state index in [0.717, 1.165) is 50.0 Å². The van der Waals surface area contributed by atoms with E-state index in [1.54, 1.807) is 12.4 Å². The maximum absolute atomic E-state index is 4.75. The molecule has 4 aromatic heterocycles. The summed E-state index contributed by atoms with van der Waals surface area (Å²) in [4.78, 5) is 11.3. The van der Waals surface area contributed by atoms with Crippen LogP contribution in [0.3, 0.4) is 0 Å². The van der Waals surface area contributed by atoms with Crippen molar-refractivity contribution in [3.63, 3.8) is 0 Å². The minimum Gasteiger partial charge on any atom is -0.329 e. The van der Waals surface area contributed by atoms with Crippen molar-refractivity contribution in [1.82, 2.24) is 30.4 Å². The van der Waals surface area contributed by atoms with E-state index >= 15 is 0 Å². The van der Waals surface area contributed by atoms with E-state index in [0.29, 0.717) is 5.95 Å². The molecular weight excluding hydrogens is 366 g/mol. The number of benzene rings is 2. The molecule has 0 bridgehead atoms. The summed E-state index contributed by atoms with van der Waals surface area (Å²) in [6, 6.07) is 14.0. The van der Waals surface area contributed by atoms with Crippen LogP contribution in [0.15, 0.2) is 61.1 Å². The van der Waals surface area contributed by atoms with Gasteiger partial charge in [0.25, 0.3) is 0 Å². The van der Waals surface area contributed by atoms with Crippen LogP contribution in [-0.4, -0.2) is 30.4 Å². The number of H-pyrrole nitrogens is 4. The summed E-state index contributed by atoms with van der Waals surface area (Å²) >= 11 is 0. The van der Waals surface area contributed by atoms with E-state index in [9.17, 15) is 0 Å². The lowest BCUT2D eigenvalue weighted by molar-refractivity contribution is -0.333. The Balaban J connectivity index is 1.38. The van der Waals surface area contributed by atoms with Crippen LogP contribution in [0.1, 0.15) is 0 Å². The van der Waals surface area contributed by atoms with Gasteiger partial charge in [0.05, 0.1) is 34.5 Å². The number of aromatic nitrogens is 7. The normalized spacial score (nSPS) is 11.4. The fourth-order valence-corrected chi connectivity index (χ4v) is 3.45. The van der Waals surface area contributed by atoms with E-state index in [-0.39, 0.29) is 0 Å². The number of aromatic amines is 4. The highest BCUT2D eigenvalue weighted by atomic mass is 15.2. The van der Waals surface area contributed by atoms with Crippen molar-refractivity contribution in [2.45, 2.75) is 0 Å². The van der Waals surface area contributed by atoms with Crippen molar-refractivity contribution in [3.05, 3.63) is 61.1 Å². The smallest absolute Gasteiger partial charge is 0.329 e. The molecule has 0 fully saturated rings. The van der Waals surface area contributed by atoms with Gasteiger partial charge in [0, 0.05) is 22.7 Å². The van der Waals surface area contributed by atoms with Gasteiger partial charge in [-0.2, -0.15) is 10.2 Å². The van der Waals surface area contributed by atoms with Crippen molar-refractivity contribution in [2.24, 2.45) is 0 Å². The van der Waals surface area contributed by atoms with Gasteiger partial charge in [-0.15, -0.1) is 0 Å². The highest BCUT2D eigenvalue weighted by Gasteiger charge is 2.15. The van der Waals surface area contributed by atoms with Gasteiger partial charge in [0.1, 0.15) is 0 Å². The van der Waals surface area contributed by atoms with Crippen molar-refractivity contribution in [2.75, 3.05) is 10.6 Å². The summed E-state index contributed by atoms with van der Waals surface area (Å²) in [5.74, 6) is 1.35. The van der Waals surface area contributed by atoms with Crippen LogP contribution < -0.4 is 15.6 Å². The third-order valence-electron chi connectivity index (χ3n) is 4.88. The maximum Gasteiger partial charge on any atom is 0.351 e. The molecule has 29 heavy (non-hydrogen) atoms. The van der Waals surface area contributed by atoms with E-state index in [1.165, 1.54) is 0 Å². The Kier molecular flexibility index (Phi) is 3.27. The Labute approximate surface area is 163 Å². The first-order valence-electron chi connectivity index (χ1n) is 9.12. The lowest BCUT2D eigenvalue weighted by atomic mass is 10.2. The van der Waals surface area contributed by atoms with Crippen LogP contribution in [0.2, 0.25) is 0 Å². The molecule has 0 saturated heterocycles. The molecule has 0 spiro atoms. The average molecular weight is 382 g/mol. The topological polar surface area (TPSA) is 124 Å². The third-order valence-corrected chi connectivity index (χ3v) is 4.88. The summed E-state index contributed by atoms with van der Waals surface area (Å²) in [5, 5.41) is 23.9. The molecule has 0 saturated carbocycles. The second kappa shape index (κ2) is 6.06. The molecule has 6 rings (SSSR count). The molecule has 140 valence electrons. The number of anilines is 4. The van der Waals surface area contributed by atoms with E-state index in [1.807, 2.05) is 48.7 Å². The largest absolute Gasteiger partial charge is 0.351 e. The van der Waals surface area contributed by atoms with E-state index < -0.39 is 0 Å². The van der Waals surface area contributed by atoms with E-state index in [4.69, 9.17) is 4.98 Å². The fourth-order valence-electron chi connectivity index (χ4n) is 3.45. The van der Waals surface area contributed by atoms with Crippen LogP contribution in [0.5, 0.6) is 0 Å². The van der Waals surface area contributed by atoms with Gasteiger partial charge in [-0.05, 0) is 42.5 Å². The Hall–Kier alpha value is -4.40. The quantitative estimate of drug-likeness (QED) is 0.318. The van der Waals surface area contributed by atoms with Crippen LogP contribution in [0, 0.1) is 0 Å². The van der Waals surface area contributed by atoms with Gasteiger partial charge in [-0.3, -0.25) is 20.5 Å². The number of fused-ring (bicyclic) bond motifs is 3. The predicted molar refractivity (Wildman–Crippen MR) is 111 cm³/mol. The Morgan fingerprint density at radius 2 is 1.48 bits per heavy atom. The van der Waals surface area contributed by atoms with Crippen molar-refractivity contribution in [3.8, 4) is 0 Å².